The molecule has 0 spiro atoms. The van der Waals surface area contributed by atoms with Crippen molar-refractivity contribution in [2.45, 2.75) is 43.5 Å². The number of benzene rings is 3. The number of rotatable bonds is 9. The fourth-order valence-corrected chi connectivity index (χ4v) is 5.70. The minimum absolute atomic E-state index is 0.0935. The van der Waals surface area contributed by atoms with Gasteiger partial charge in [0, 0.05) is 6.04 Å². The molecule has 0 aliphatic rings. The molecule has 1 N–H and O–H groups in total. The monoisotopic (exact) mass is 484 g/mol. The van der Waals surface area contributed by atoms with Crippen LogP contribution in [0.15, 0.2) is 89.8 Å². The molecule has 0 heterocycles. The van der Waals surface area contributed by atoms with Crippen molar-refractivity contribution in [3.05, 3.63) is 95.5 Å². The average molecular weight is 485 g/mol. The number of carbonyl (C=O) groups is 1. The summed E-state index contributed by atoms with van der Waals surface area (Å²) < 4.78 is 27.9. The van der Waals surface area contributed by atoms with E-state index in [1.165, 1.54) is 17.7 Å². The highest BCUT2D eigenvalue weighted by Gasteiger charge is 2.30. The molecule has 0 saturated carbocycles. The predicted octanol–water partition coefficient (Wildman–Crippen LogP) is 5.41. The van der Waals surface area contributed by atoms with Crippen molar-refractivity contribution in [3.8, 4) is 0 Å². The number of nitrogens with one attached hydrogen (secondary N) is 1. The standard InChI is InChI=1S/C26H29ClN2O3S/c1-20(18-26(2,3)21-12-6-4-7-13-21)28-25(30)19-29(24-17-11-10-16-23(24)27)33(31,32)22-14-8-5-9-15-22/h4-17,20H,18-19H2,1-3H3,(H,28,30). The van der Waals surface area contributed by atoms with Gasteiger partial charge in [0.25, 0.3) is 10.0 Å². The number of sulfonamides is 1. The third-order valence-electron chi connectivity index (χ3n) is 5.52. The zero-order chi connectivity index (χ0) is 24.1. The second-order valence-electron chi connectivity index (χ2n) is 8.70. The quantitative estimate of drug-likeness (QED) is 0.441. The summed E-state index contributed by atoms with van der Waals surface area (Å²) in [5, 5.41) is 3.21. The number of para-hydroxylation sites is 1. The van der Waals surface area contributed by atoms with E-state index >= 15 is 0 Å². The van der Waals surface area contributed by atoms with Gasteiger partial charge in [0.15, 0.2) is 0 Å². The first-order valence-corrected chi connectivity index (χ1v) is 12.6. The van der Waals surface area contributed by atoms with Crippen LogP contribution in [0, 0.1) is 0 Å². The number of halogens is 1. The van der Waals surface area contributed by atoms with Crippen molar-refractivity contribution in [1.82, 2.24) is 5.32 Å². The highest BCUT2D eigenvalue weighted by atomic mass is 35.5. The molecule has 1 unspecified atom stereocenters. The smallest absolute Gasteiger partial charge is 0.264 e. The first-order valence-electron chi connectivity index (χ1n) is 10.8. The minimum Gasteiger partial charge on any atom is -0.352 e. The maximum absolute atomic E-state index is 13.4. The van der Waals surface area contributed by atoms with Crippen LogP contribution in [0.2, 0.25) is 5.02 Å². The summed E-state index contributed by atoms with van der Waals surface area (Å²) in [4.78, 5) is 13.1. The van der Waals surface area contributed by atoms with E-state index < -0.39 is 15.9 Å². The molecule has 5 nitrogen and oxygen atoms in total. The maximum Gasteiger partial charge on any atom is 0.264 e. The molecule has 0 aliphatic carbocycles. The third kappa shape index (κ3) is 6.15. The molecule has 33 heavy (non-hydrogen) atoms. The van der Waals surface area contributed by atoms with Crippen molar-refractivity contribution in [1.29, 1.82) is 0 Å². The van der Waals surface area contributed by atoms with Crippen LogP contribution in [0.5, 0.6) is 0 Å². The number of amides is 1. The third-order valence-corrected chi connectivity index (χ3v) is 7.61. The molecule has 0 bridgehead atoms. The molecule has 3 aromatic carbocycles. The van der Waals surface area contributed by atoms with E-state index in [9.17, 15) is 13.2 Å². The van der Waals surface area contributed by atoms with E-state index in [0.717, 1.165) is 4.31 Å². The highest BCUT2D eigenvalue weighted by Crippen LogP contribution is 2.31. The molecule has 0 aliphatic heterocycles. The zero-order valence-electron chi connectivity index (χ0n) is 19.0. The van der Waals surface area contributed by atoms with Crippen LogP contribution < -0.4 is 9.62 Å². The molecule has 0 radical (unpaired) electrons. The normalized spacial score (nSPS) is 12.7. The maximum atomic E-state index is 13.4. The molecule has 1 atom stereocenters. The molecule has 174 valence electrons. The first-order chi connectivity index (χ1) is 15.6. The molecule has 3 rings (SSSR count). The largest absolute Gasteiger partial charge is 0.352 e. The van der Waals surface area contributed by atoms with E-state index in [0.29, 0.717) is 6.42 Å². The summed E-state index contributed by atoms with van der Waals surface area (Å²) in [6, 6.07) is 24.6. The summed E-state index contributed by atoms with van der Waals surface area (Å²) in [5.74, 6) is -0.397. The zero-order valence-corrected chi connectivity index (χ0v) is 20.6. The Kier molecular flexibility index (Phi) is 7.82. The van der Waals surface area contributed by atoms with Crippen molar-refractivity contribution in [2.24, 2.45) is 0 Å². The van der Waals surface area contributed by atoms with Crippen LogP contribution in [0.1, 0.15) is 32.8 Å². The Bertz CT molecular complexity index is 1180. The Morgan fingerprint density at radius 3 is 2.09 bits per heavy atom. The number of carbonyl (C=O) groups excluding carboxylic acids is 1. The van der Waals surface area contributed by atoms with Crippen molar-refractivity contribution in [3.63, 3.8) is 0 Å². The summed E-state index contributed by atoms with van der Waals surface area (Å²) >= 11 is 6.32. The Morgan fingerprint density at radius 1 is 0.939 bits per heavy atom. The molecule has 7 heteroatoms. The summed E-state index contributed by atoms with van der Waals surface area (Å²) in [6.45, 7) is 5.80. The Labute approximate surface area is 201 Å². The van der Waals surface area contributed by atoms with Crippen molar-refractivity contribution < 1.29 is 13.2 Å². The fraction of sp³-hybridized carbons (Fsp3) is 0.269. The van der Waals surface area contributed by atoms with Gasteiger partial charge in [-0.15, -0.1) is 0 Å². The van der Waals surface area contributed by atoms with Gasteiger partial charge < -0.3 is 5.32 Å². The van der Waals surface area contributed by atoms with Crippen LogP contribution in [0.4, 0.5) is 5.69 Å². The lowest BCUT2D eigenvalue weighted by Gasteiger charge is -2.30. The topological polar surface area (TPSA) is 66.5 Å². The molecule has 3 aromatic rings. The van der Waals surface area contributed by atoms with E-state index in [1.807, 2.05) is 25.1 Å². The van der Waals surface area contributed by atoms with E-state index in [-0.39, 0.29) is 33.6 Å². The minimum atomic E-state index is -4.00. The Morgan fingerprint density at radius 2 is 1.48 bits per heavy atom. The van der Waals surface area contributed by atoms with Crippen LogP contribution in [-0.2, 0) is 20.2 Å². The highest BCUT2D eigenvalue weighted by molar-refractivity contribution is 7.92. The van der Waals surface area contributed by atoms with Gasteiger partial charge in [-0.2, -0.15) is 0 Å². The van der Waals surface area contributed by atoms with Gasteiger partial charge in [0.05, 0.1) is 15.6 Å². The number of nitrogens with zero attached hydrogens (tertiary/aromatic N) is 1. The lowest BCUT2D eigenvalue weighted by atomic mass is 9.79. The van der Waals surface area contributed by atoms with E-state index in [1.54, 1.807) is 42.5 Å². The second-order valence-corrected chi connectivity index (χ2v) is 11.0. The number of anilines is 1. The van der Waals surface area contributed by atoms with Crippen LogP contribution in [0.25, 0.3) is 0 Å². The molecule has 1 amide bonds. The van der Waals surface area contributed by atoms with Crippen molar-refractivity contribution >= 4 is 33.2 Å². The Hall–Kier alpha value is -2.83. The van der Waals surface area contributed by atoms with Gasteiger partial charge >= 0.3 is 0 Å². The van der Waals surface area contributed by atoms with Crippen LogP contribution in [-0.4, -0.2) is 26.9 Å². The van der Waals surface area contributed by atoms with Gasteiger partial charge in [-0.25, -0.2) is 8.42 Å². The van der Waals surface area contributed by atoms with Gasteiger partial charge in [-0.1, -0.05) is 86.1 Å². The Balaban J connectivity index is 1.80. The number of hydrogen-bond donors (Lipinski definition) is 1. The number of hydrogen-bond acceptors (Lipinski definition) is 3. The fourth-order valence-electron chi connectivity index (χ4n) is 3.95. The lowest BCUT2D eigenvalue weighted by molar-refractivity contribution is -0.120. The SMILES string of the molecule is CC(CC(C)(C)c1ccccc1)NC(=O)CN(c1ccccc1Cl)S(=O)(=O)c1ccccc1. The molecular weight excluding hydrogens is 456 g/mol. The van der Waals surface area contributed by atoms with Gasteiger partial charge in [0.2, 0.25) is 5.91 Å². The molecule has 0 aromatic heterocycles. The van der Waals surface area contributed by atoms with Crippen LogP contribution >= 0.6 is 11.6 Å². The summed E-state index contributed by atoms with van der Waals surface area (Å²) in [7, 11) is -4.00. The van der Waals surface area contributed by atoms with Crippen molar-refractivity contribution in [2.75, 3.05) is 10.8 Å². The summed E-state index contributed by atoms with van der Waals surface area (Å²) in [6.07, 6.45) is 0.695. The van der Waals surface area contributed by atoms with Gasteiger partial charge in [-0.3, -0.25) is 9.10 Å². The summed E-state index contributed by atoms with van der Waals surface area (Å²) in [5.41, 5.74) is 1.28. The lowest BCUT2D eigenvalue weighted by Crippen LogP contribution is -2.45. The van der Waals surface area contributed by atoms with Crippen LogP contribution in [0.3, 0.4) is 0 Å². The molecule has 0 saturated heterocycles. The van der Waals surface area contributed by atoms with E-state index in [2.05, 4.69) is 31.3 Å². The molecule has 0 fully saturated rings. The predicted molar refractivity (Wildman–Crippen MR) is 134 cm³/mol. The first kappa shape index (κ1) is 24.8. The average Bonchev–Trinajstić information content (AvgIpc) is 2.79. The van der Waals surface area contributed by atoms with Gasteiger partial charge in [0.1, 0.15) is 6.54 Å². The second kappa shape index (κ2) is 10.4. The van der Waals surface area contributed by atoms with E-state index in [4.69, 9.17) is 11.6 Å². The van der Waals surface area contributed by atoms with Gasteiger partial charge in [-0.05, 0) is 48.6 Å². The molecular formula is C26H29ClN2O3S.